The van der Waals surface area contributed by atoms with Crippen LogP contribution in [0.15, 0.2) is 84.6 Å². The number of carboxylic acid groups (broad SMARTS) is 1. The summed E-state index contributed by atoms with van der Waals surface area (Å²) in [7, 11) is 0. The van der Waals surface area contributed by atoms with Gasteiger partial charge in [-0.2, -0.15) is 5.26 Å². The molecule has 33 heavy (non-hydrogen) atoms. The summed E-state index contributed by atoms with van der Waals surface area (Å²) in [6, 6.07) is 23.2. The summed E-state index contributed by atoms with van der Waals surface area (Å²) >= 11 is 0. The van der Waals surface area contributed by atoms with E-state index in [0.717, 1.165) is 16.5 Å². The first kappa shape index (κ1) is 21.4. The van der Waals surface area contributed by atoms with Crippen molar-refractivity contribution >= 4 is 34.5 Å². The molecule has 1 amide bonds. The Balaban J connectivity index is 1.58. The van der Waals surface area contributed by atoms with Crippen LogP contribution in [-0.4, -0.2) is 22.0 Å². The van der Waals surface area contributed by atoms with Crippen LogP contribution in [0.1, 0.15) is 21.5 Å². The number of benzene rings is 3. The van der Waals surface area contributed by atoms with Crippen LogP contribution in [0, 0.1) is 11.3 Å². The molecular weight excluding hydrogens is 418 g/mol. The number of hydrogen-bond acceptors (Lipinski definition) is 4. The molecule has 7 heteroatoms. The Morgan fingerprint density at radius 1 is 1.06 bits per heavy atom. The van der Waals surface area contributed by atoms with Crippen molar-refractivity contribution in [2.24, 2.45) is 0 Å². The Morgan fingerprint density at radius 3 is 2.58 bits per heavy atom. The molecule has 1 aromatic heterocycles. The summed E-state index contributed by atoms with van der Waals surface area (Å²) in [5, 5.41) is 22.1. The molecule has 3 aromatic carbocycles. The third-order valence-electron chi connectivity index (χ3n) is 5.00. The monoisotopic (exact) mass is 437 g/mol. The molecule has 0 unspecified atom stereocenters. The zero-order valence-electron chi connectivity index (χ0n) is 17.4. The second-order valence-electron chi connectivity index (χ2n) is 7.20. The van der Waals surface area contributed by atoms with Crippen molar-refractivity contribution < 1.29 is 19.4 Å². The Kier molecular flexibility index (Phi) is 6.19. The van der Waals surface area contributed by atoms with E-state index in [1.54, 1.807) is 18.3 Å². The van der Waals surface area contributed by atoms with Gasteiger partial charge < -0.3 is 20.1 Å². The zero-order chi connectivity index (χ0) is 23.2. The first-order valence-corrected chi connectivity index (χ1v) is 10.1. The molecular formula is C26H19N3O4. The van der Waals surface area contributed by atoms with Crippen molar-refractivity contribution in [2.75, 3.05) is 5.32 Å². The second kappa shape index (κ2) is 9.54. The van der Waals surface area contributed by atoms with E-state index in [9.17, 15) is 20.0 Å². The maximum Gasteiger partial charge on any atom is 0.337 e. The number of ether oxygens (including phenoxy) is 1. The number of carbonyl (C=O) groups is 2. The standard InChI is InChI=1S/C26H19N3O4/c27-14-18(25(30)29-24-9-5-4-8-21(24)26(31)32)12-19-15-28-23-11-10-20(13-22(19)23)33-16-17-6-2-1-3-7-17/h1-13,15,28H,16H2,(H,29,30)(H,31,32). The SMILES string of the molecule is N#CC(=Cc1c[nH]c2ccc(OCc3ccccc3)cc12)C(=O)Nc1ccccc1C(=O)O. The fraction of sp³-hybridized carbons (Fsp3) is 0.0385. The van der Waals surface area contributed by atoms with E-state index in [0.29, 0.717) is 17.9 Å². The van der Waals surface area contributed by atoms with Crippen molar-refractivity contribution in [2.45, 2.75) is 6.61 Å². The number of nitriles is 1. The zero-order valence-corrected chi connectivity index (χ0v) is 17.4. The van der Waals surface area contributed by atoms with E-state index in [4.69, 9.17) is 4.74 Å². The number of aromatic nitrogens is 1. The smallest absolute Gasteiger partial charge is 0.337 e. The summed E-state index contributed by atoms with van der Waals surface area (Å²) in [6.45, 7) is 0.413. The van der Waals surface area contributed by atoms with E-state index >= 15 is 0 Å². The van der Waals surface area contributed by atoms with Gasteiger partial charge in [-0.3, -0.25) is 4.79 Å². The number of fused-ring (bicyclic) bond motifs is 1. The minimum Gasteiger partial charge on any atom is -0.489 e. The lowest BCUT2D eigenvalue weighted by Crippen LogP contribution is -2.16. The van der Waals surface area contributed by atoms with Crippen LogP contribution < -0.4 is 10.1 Å². The number of para-hydroxylation sites is 1. The van der Waals surface area contributed by atoms with Crippen LogP contribution in [0.5, 0.6) is 5.75 Å². The highest BCUT2D eigenvalue weighted by atomic mass is 16.5. The van der Waals surface area contributed by atoms with Crippen molar-refractivity contribution in [3.8, 4) is 11.8 Å². The maximum atomic E-state index is 12.7. The van der Waals surface area contributed by atoms with Crippen LogP contribution in [-0.2, 0) is 11.4 Å². The quantitative estimate of drug-likeness (QED) is 0.278. The molecule has 0 bridgehead atoms. The summed E-state index contributed by atoms with van der Waals surface area (Å²) in [6.07, 6.45) is 3.15. The van der Waals surface area contributed by atoms with E-state index in [2.05, 4.69) is 10.3 Å². The van der Waals surface area contributed by atoms with Crippen LogP contribution >= 0.6 is 0 Å². The van der Waals surface area contributed by atoms with Gasteiger partial charge in [0.1, 0.15) is 24.0 Å². The molecule has 0 fully saturated rings. The van der Waals surface area contributed by atoms with Gasteiger partial charge in [0.2, 0.25) is 0 Å². The summed E-state index contributed by atoms with van der Waals surface area (Å²) in [4.78, 5) is 27.2. The Hall–Kier alpha value is -4.83. The normalized spacial score (nSPS) is 11.1. The number of nitrogens with zero attached hydrogens (tertiary/aromatic N) is 1. The molecule has 0 saturated heterocycles. The highest BCUT2D eigenvalue weighted by molar-refractivity contribution is 6.12. The molecule has 0 radical (unpaired) electrons. The van der Waals surface area contributed by atoms with Crippen LogP contribution in [0.2, 0.25) is 0 Å². The number of anilines is 1. The minimum atomic E-state index is -1.17. The molecule has 4 rings (SSSR count). The average Bonchev–Trinajstić information content (AvgIpc) is 3.24. The Labute approximate surface area is 189 Å². The van der Waals surface area contributed by atoms with Gasteiger partial charge in [-0.15, -0.1) is 0 Å². The lowest BCUT2D eigenvalue weighted by molar-refractivity contribution is -0.112. The van der Waals surface area contributed by atoms with E-state index < -0.39 is 11.9 Å². The van der Waals surface area contributed by atoms with Crippen molar-refractivity contribution in [3.63, 3.8) is 0 Å². The molecule has 4 aromatic rings. The van der Waals surface area contributed by atoms with Crippen molar-refractivity contribution in [1.29, 1.82) is 5.26 Å². The molecule has 0 spiro atoms. The molecule has 0 aliphatic rings. The largest absolute Gasteiger partial charge is 0.489 e. The van der Waals surface area contributed by atoms with Crippen molar-refractivity contribution in [1.82, 2.24) is 4.98 Å². The third kappa shape index (κ3) is 4.92. The van der Waals surface area contributed by atoms with Gasteiger partial charge in [0.25, 0.3) is 5.91 Å². The van der Waals surface area contributed by atoms with E-state index in [1.807, 2.05) is 54.6 Å². The molecule has 7 nitrogen and oxygen atoms in total. The molecule has 0 atom stereocenters. The average molecular weight is 437 g/mol. The van der Waals surface area contributed by atoms with Gasteiger partial charge in [0.05, 0.1) is 11.3 Å². The highest BCUT2D eigenvalue weighted by Crippen LogP contribution is 2.26. The summed E-state index contributed by atoms with van der Waals surface area (Å²) in [5.41, 5.74) is 2.39. The molecule has 162 valence electrons. The number of rotatable bonds is 7. The number of carboxylic acids is 1. The number of aromatic amines is 1. The predicted molar refractivity (Wildman–Crippen MR) is 125 cm³/mol. The van der Waals surface area contributed by atoms with Gasteiger partial charge in [-0.05, 0) is 42.0 Å². The Morgan fingerprint density at radius 2 is 1.82 bits per heavy atom. The summed E-state index contributed by atoms with van der Waals surface area (Å²) in [5.74, 6) is -1.22. The first-order chi connectivity index (χ1) is 16.0. The van der Waals surface area contributed by atoms with Gasteiger partial charge in [-0.25, -0.2) is 4.79 Å². The van der Waals surface area contributed by atoms with E-state index in [1.165, 1.54) is 18.2 Å². The van der Waals surface area contributed by atoms with Gasteiger partial charge in [-0.1, -0.05) is 42.5 Å². The molecule has 0 aliphatic carbocycles. The highest BCUT2D eigenvalue weighted by Gasteiger charge is 2.15. The fourth-order valence-corrected chi connectivity index (χ4v) is 3.34. The number of nitrogens with one attached hydrogen (secondary N) is 2. The number of aromatic carboxylic acids is 1. The van der Waals surface area contributed by atoms with Gasteiger partial charge in [0, 0.05) is 22.7 Å². The molecule has 1 heterocycles. The van der Waals surface area contributed by atoms with Crippen LogP contribution in [0.4, 0.5) is 5.69 Å². The second-order valence-corrected chi connectivity index (χ2v) is 7.20. The van der Waals surface area contributed by atoms with Gasteiger partial charge in [0.15, 0.2) is 0 Å². The minimum absolute atomic E-state index is 0.0598. The lowest BCUT2D eigenvalue weighted by atomic mass is 10.1. The maximum absolute atomic E-state index is 12.7. The molecule has 0 aliphatic heterocycles. The number of carbonyl (C=O) groups excluding carboxylic acids is 1. The predicted octanol–water partition coefficient (Wildman–Crippen LogP) is 4.99. The topological polar surface area (TPSA) is 115 Å². The molecule has 0 saturated carbocycles. The van der Waals surface area contributed by atoms with Crippen molar-refractivity contribution in [3.05, 3.63) is 101 Å². The van der Waals surface area contributed by atoms with Crippen LogP contribution in [0.25, 0.3) is 17.0 Å². The number of hydrogen-bond donors (Lipinski definition) is 3. The number of amides is 1. The van der Waals surface area contributed by atoms with Crippen LogP contribution in [0.3, 0.4) is 0 Å². The summed E-state index contributed by atoms with van der Waals surface area (Å²) < 4.78 is 5.88. The van der Waals surface area contributed by atoms with Gasteiger partial charge >= 0.3 is 5.97 Å². The fourth-order valence-electron chi connectivity index (χ4n) is 3.34. The Bertz CT molecular complexity index is 1400. The van der Waals surface area contributed by atoms with E-state index in [-0.39, 0.29) is 16.8 Å². The first-order valence-electron chi connectivity index (χ1n) is 10.1. The third-order valence-corrected chi connectivity index (χ3v) is 5.00. The molecule has 3 N–H and O–H groups in total. The lowest BCUT2D eigenvalue weighted by Gasteiger charge is -2.08. The number of H-pyrrole nitrogens is 1.